The topological polar surface area (TPSA) is 49.4 Å². The lowest BCUT2D eigenvalue weighted by Gasteiger charge is -2.34. The number of para-hydroxylation sites is 1. The van der Waals surface area contributed by atoms with Crippen LogP contribution >= 0.6 is 0 Å². The molecule has 1 fully saturated rings. The second-order valence-electron chi connectivity index (χ2n) is 8.56. The van der Waals surface area contributed by atoms with Gasteiger partial charge in [-0.2, -0.15) is 0 Å². The third kappa shape index (κ3) is 5.04. The molecule has 1 heterocycles. The Hall–Kier alpha value is -2.66. The molecule has 2 atom stereocenters. The Labute approximate surface area is 173 Å². The number of amides is 2. The average Bonchev–Trinajstić information content (AvgIpc) is 3.09. The number of aryl methyl sites for hydroxylation is 2. The standard InChI is InChI=1S/C24H31N3O2/c1-18-9-8-10-19(2)24(18)25-22(28)16-27(17-23(29)26(3)4)14-13-21(15-27)20-11-6-5-7-12-20/h5-12,21H,13-17H2,1-4H3/p+1. The highest BCUT2D eigenvalue weighted by Crippen LogP contribution is 2.32. The minimum absolute atomic E-state index is 0.0253. The molecule has 0 radical (unpaired) electrons. The van der Waals surface area contributed by atoms with E-state index in [9.17, 15) is 9.59 Å². The van der Waals surface area contributed by atoms with E-state index in [0.29, 0.717) is 23.5 Å². The number of anilines is 1. The van der Waals surface area contributed by atoms with Gasteiger partial charge in [0.25, 0.3) is 11.8 Å². The van der Waals surface area contributed by atoms with Crippen LogP contribution < -0.4 is 5.32 Å². The number of rotatable bonds is 6. The van der Waals surface area contributed by atoms with Crippen molar-refractivity contribution in [3.63, 3.8) is 0 Å². The summed E-state index contributed by atoms with van der Waals surface area (Å²) in [5.74, 6) is 0.417. The summed E-state index contributed by atoms with van der Waals surface area (Å²) in [4.78, 5) is 27.2. The van der Waals surface area contributed by atoms with Crippen LogP contribution in [0.25, 0.3) is 0 Å². The molecule has 29 heavy (non-hydrogen) atoms. The van der Waals surface area contributed by atoms with E-state index in [1.54, 1.807) is 19.0 Å². The molecule has 2 aromatic carbocycles. The Bertz CT molecular complexity index is 859. The number of nitrogens with one attached hydrogen (secondary N) is 1. The van der Waals surface area contributed by atoms with Gasteiger partial charge in [0.05, 0.1) is 13.1 Å². The van der Waals surface area contributed by atoms with Gasteiger partial charge in [0.2, 0.25) is 0 Å². The van der Waals surface area contributed by atoms with Crippen molar-refractivity contribution in [2.45, 2.75) is 26.2 Å². The van der Waals surface area contributed by atoms with Crippen molar-refractivity contribution in [1.29, 1.82) is 0 Å². The number of benzene rings is 2. The van der Waals surface area contributed by atoms with Crippen LogP contribution in [0.4, 0.5) is 5.69 Å². The van der Waals surface area contributed by atoms with E-state index < -0.39 is 0 Å². The monoisotopic (exact) mass is 394 g/mol. The highest BCUT2D eigenvalue weighted by Gasteiger charge is 2.42. The molecule has 0 bridgehead atoms. The van der Waals surface area contributed by atoms with Gasteiger partial charge in [-0.3, -0.25) is 9.59 Å². The molecule has 2 aromatic rings. The number of carbonyl (C=O) groups excluding carboxylic acids is 2. The number of nitrogens with zero attached hydrogens (tertiary/aromatic N) is 2. The van der Waals surface area contributed by atoms with E-state index in [-0.39, 0.29) is 11.8 Å². The van der Waals surface area contributed by atoms with Gasteiger partial charge in [-0.25, -0.2) is 0 Å². The van der Waals surface area contributed by atoms with Gasteiger partial charge >= 0.3 is 0 Å². The van der Waals surface area contributed by atoms with Crippen molar-refractivity contribution in [1.82, 2.24) is 4.90 Å². The zero-order valence-corrected chi connectivity index (χ0v) is 17.9. The Morgan fingerprint density at radius 2 is 1.66 bits per heavy atom. The first kappa shape index (κ1) is 21.1. The molecule has 0 spiro atoms. The number of likely N-dealkylation sites (tertiary alicyclic amines) is 1. The first-order chi connectivity index (χ1) is 13.8. The van der Waals surface area contributed by atoms with Crippen molar-refractivity contribution in [3.05, 3.63) is 65.2 Å². The van der Waals surface area contributed by atoms with Crippen LogP contribution in [0.15, 0.2) is 48.5 Å². The molecule has 5 nitrogen and oxygen atoms in total. The molecule has 1 saturated heterocycles. The minimum atomic E-state index is -0.0253. The van der Waals surface area contributed by atoms with Gasteiger partial charge in [0.15, 0.2) is 13.1 Å². The first-order valence-electron chi connectivity index (χ1n) is 10.3. The largest absolute Gasteiger partial charge is 0.344 e. The van der Waals surface area contributed by atoms with Crippen molar-refractivity contribution in [2.24, 2.45) is 0 Å². The Kier molecular flexibility index (Phi) is 6.38. The van der Waals surface area contributed by atoms with Gasteiger partial charge in [0.1, 0.15) is 0 Å². The number of hydrogen-bond acceptors (Lipinski definition) is 2. The Morgan fingerprint density at radius 1 is 1.00 bits per heavy atom. The Morgan fingerprint density at radius 3 is 2.28 bits per heavy atom. The van der Waals surface area contributed by atoms with Gasteiger partial charge in [-0.15, -0.1) is 0 Å². The van der Waals surface area contributed by atoms with E-state index in [0.717, 1.165) is 36.3 Å². The van der Waals surface area contributed by atoms with E-state index in [2.05, 4.69) is 29.6 Å². The van der Waals surface area contributed by atoms with Crippen molar-refractivity contribution in [2.75, 3.05) is 45.6 Å². The fourth-order valence-corrected chi connectivity index (χ4v) is 4.34. The van der Waals surface area contributed by atoms with E-state index in [4.69, 9.17) is 0 Å². The number of quaternary nitrogens is 1. The van der Waals surface area contributed by atoms with Gasteiger partial charge in [-0.05, 0) is 30.5 Å². The molecule has 2 unspecified atom stereocenters. The molecule has 154 valence electrons. The molecule has 0 saturated carbocycles. The Balaban J connectivity index is 1.79. The molecule has 1 N–H and O–H groups in total. The third-order valence-electron chi connectivity index (χ3n) is 6.02. The molecule has 1 aliphatic rings. The maximum Gasteiger partial charge on any atom is 0.279 e. The number of hydrogen-bond donors (Lipinski definition) is 1. The lowest BCUT2D eigenvalue weighted by Crippen LogP contribution is -2.55. The van der Waals surface area contributed by atoms with Crippen LogP contribution in [0.3, 0.4) is 0 Å². The molecule has 1 aliphatic heterocycles. The summed E-state index contributed by atoms with van der Waals surface area (Å²) in [5.41, 5.74) is 4.28. The fourth-order valence-electron chi connectivity index (χ4n) is 4.34. The normalized spacial score (nSPS) is 21.0. The zero-order chi connectivity index (χ0) is 21.0. The molecule has 0 aromatic heterocycles. The number of likely N-dealkylation sites (N-methyl/N-ethyl adjacent to an activating group) is 1. The van der Waals surface area contributed by atoms with Crippen molar-refractivity contribution < 1.29 is 14.1 Å². The summed E-state index contributed by atoms with van der Waals surface area (Å²) in [5, 5.41) is 3.11. The highest BCUT2D eigenvalue weighted by atomic mass is 16.2. The molecule has 5 heteroatoms. The quantitative estimate of drug-likeness (QED) is 0.764. The molecule has 3 rings (SSSR count). The summed E-state index contributed by atoms with van der Waals surface area (Å²) in [6.07, 6.45) is 0.987. The first-order valence-corrected chi connectivity index (χ1v) is 10.3. The summed E-state index contributed by atoms with van der Waals surface area (Å²) in [6, 6.07) is 16.4. The van der Waals surface area contributed by atoms with Crippen molar-refractivity contribution >= 4 is 17.5 Å². The average molecular weight is 395 g/mol. The summed E-state index contributed by atoms with van der Waals surface area (Å²) in [6.45, 7) is 6.32. The lowest BCUT2D eigenvalue weighted by molar-refractivity contribution is -0.902. The summed E-state index contributed by atoms with van der Waals surface area (Å²) < 4.78 is 0.507. The predicted molar refractivity (Wildman–Crippen MR) is 117 cm³/mol. The smallest absolute Gasteiger partial charge is 0.279 e. The molecule has 0 aliphatic carbocycles. The van der Waals surface area contributed by atoms with Gasteiger partial charge in [0, 0.05) is 32.1 Å². The predicted octanol–water partition coefficient (Wildman–Crippen LogP) is 3.33. The minimum Gasteiger partial charge on any atom is -0.344 e. The van der Waals surface area contributed by atoms with Gasteiger partial charge < -0.3 is 14.7 Å². The fraction of sp³-hybridized carbons (Fsp3) is 0.417. The van der Waals surface area contributed by atoms with Crippen LogP contribution in [0.5, 0.6) is 0 Å². The molecular weight excluding hydrogens is 362 g/mol. The summed E-state index contributed by atoms with van der Waals surface area (Å²) >= 11 is 0. The molecular formula is C24H32N3O2+. The van der Waals surface area contributed by atoms with Crippen LogP contribution in [0.1, 0.15) is 29.0 Å². The van der Waals surface area contributed by atoms with Crippen LogP contribution in [0, 0.1) is 13.8 Å². The summed E-state index contributed by atoms with van der Waals surface area (Å²) in [7, 11) is 3.56. The van der Waals surface area contributed by atoms with Crippen molar-refractivity contribution in [3.8, 4) is 0 Å². The highest BCUT2D eigenvalue weighted by molar-refractivity contribution is 5.93. The van der Waals surface area contributed by atoms with E-state index in [1.165, 1.54) is 5.56 Å². The second kappa shape index (κ2) is 8.78. The maximum atomic E-state index is 13.0. The van der Waals surface area contributed by atoms with Crippen LogP contribution in [-0.2, 0) is 9.59 Å². The maximum absolute atomic E-state index is 13.0. The SMILES string of the molecule is Cc1cccc(C)c1NC(=O)C[N+]1(CC(=O)N(C)C)CCC(c2ccccc2)C1. The molecule has 2 amide bonds. The van der Waals surface area contributed by atoms with Crippen LogP contribution in [-0.4, -0.2) is 61.5 Å². The second-order valence-corrected chi connectivity index (χ2v) is 8.56. The third-order valence-corrected chi connectivity index (χ3v) is 6.02. The van der Waals surface area contributed by atoms with E-state index in [1.807, 2.05) is 38.1 Å². The zero-order valence-electron chi connectivity index (χ0n) is 17.9. The van der Waals surface area contributed by atoms with Crippen LogP contribution in [0.2, 0.25) is 0 Å². The lowest BCUT2D eigenvalue weighted by atomic mass is 9.99. The van der Waals surface area contributed by atoms with Gasteiger partial charge in [-0.1, -0.05) is 48.5 Å². The van der Waals surface area contributed by atoms with E-state index >= 15 is 0 Å². The number of carbonyl (C=O) groups is 2.